The van der Waals surface area contributed by atoms with Gasteiger partial charge in [0.1, 0.15) is 34.2 Å². The molecule has 2 aromatic carbocycles. The summed E-state index contributed by atoms with van der Waals surface area (Å²) >= 11 is 1.52. The van der Waals surface area contributed by atoms with E-state index in [1.807, 2.05) is 85.0 Å². The summed E-state index contributed by atoms with van der Waals surface area (Å²) in [6.07, 6.45) is 12.8. The molecule has 0 saturated heterocycles. The van der Waals surface area contributed by atoms with Crippen LogP contribution < -0.4 is 0 Å². The SMILES string of the molecule is N#CC(C#N)=C/C=C/c1ncc(C=C2C=C(c3ccccc3)OC(c3ccccc3)=C2)s1. The van der Waals surface area contributed by atoms with Gasteiger partial charge in [0.05, 0.1) is 0 Å². The van der Waals surface area contributed by atoms with Crippen molar-refractivity contribution in [2.75, 3.05) is 0 Å². The molecule has 152 valence electrons. The fourth-order valence-corrected chi connectivity index (χ4v) is 3.82. The monoisotopic (exact) mass is 431 g/mol. The Morgan fingerprint density at radius 2 is 1.47 bits per heavy atom. The number of benzene rings is 2. The molecule has 0 radical (unpaired) electrons. The third kappa shape index (κ3) is 5.17. The van der Waals surface area contributed by atoms with Gasteiger partial charge in [0.15, 0.2) is 0 Å². The third-order valence-electron chi connectivity index (χ3n) is 4.53. The highest BCUT2D eigenvalue weighted by atomic mass is 32.1. The Hall–Kier alpha value is -4.45. The molecule has 1 aromatic heterocycles. The Labute approximate surface area is 190 Å². The number of ether oxygens (including phenoxy) is 1. The van der Waals surface area contributed by atoms with Gasteiger partial charge in [0, 0.05) is 22.2 Å². The smallest absolute Gasteiger partial charge is 0.135 e. The van der Waals surface area contributed by atoms with E-state index in [0.717, 1.165) is 38.1 Å². The predicted octanol–water partition coefficient (Wildman–Crippen LogP) is 6.63. The van der Waals surface area contributed by atoms with Crippen molar-refractivity contribution in [3.63, 3.8) is 0 Å². The fraction of sp³-hybridized carbons (Fsp3) is 0. The Balaban J connectivity index is 1.66. The second-order valence-corrected chi connectivity index (χ2v) is 7.85. The average molecular weight is 432 g/mol. The number of nitrogens with zero attached hydrogens (tertiary/aromatic N) is 3. The first-order valence-corrected chi connectivity index (χ1v) is 10.6. The molecule has 0 bridgehead atoms. The zero-order chi connectivity index (χ0) is 22.2. The first-order valence-electron chi connectivity index (χ1n) is 9.83. The van der Waals surface area contributed by atoms with Crippen LogP contribution in [0.4, 0.5) is 0 Å². The maximum Gasteiger partial charge on any atom is 0.135 e. The zero-order valence-electron chi connectivity index (χ0n) is 17.0. The fourth-order valence-electron chi connectivity index (χ4n) is 3.03. The molecule has 0 unspecified atom stereocenters. The van der Waals surface area contributed by atoms with Gasteiger partial charge in [-0.2, -0.15) is 10.5 Å². The predicted molar refractivity (Wildman–Crippen MR) is 128 cm³/mol. The molecule has 4 rings (SSSR count). The molecule has 0 saturated carbocycles. The van der Waals surface area contributed by atoms with E-state index >= 15 is 0 Å². The lowest BCUT2D eigenvalue weighted by Crippen LogP contribution is -1.99. The van der Waals surface area contributed by atoms with Gasteiger partial charge < -0.3 is 4.74 Å². The Morgan fingerprint density at radius 3 is 2.03 bits per heavy atom. The molecule has 3 aromatic rings. The molecule has 0 N–H and O–H groups in total. The van der Waals surface area contributed by atoms with Crippen LogP contribution in [0, 0.1) is 22.7 Å². The van der Waals surface area contributed by atoms with Crippen molar-refractivity contribution in [3.8, 4) is 12.1 Å². The number of thiazole rings is 1. The van der Waals surface area contributed by atoms with Crippen LogP contribution in [-0.2, 0) is 4.74 Å². The van der Waals surface area contributed by atoms with Gasteiger partial charge in [-0.05, 0) is 36.0 Å². The van der Waals surface area contributed by atoms with Crippen LogP contribution in [0.25, 0.3) is 23.7 Å². The lowest BCUT2D eigenvalue weighted by molar-refractivity contribution is 0.467. The van der Waals surface area contributed by atoms with Crippen LogP contribution in [-0.4, -0.2) is 4.98 Å². The van der Waals surface area contributed by atoms with Crippen LogP contribution in [0.3, 0.4) is 0 Å². The lowest BCUT2D eigenvalue weighted by Gasteiger charge is -2.19. The molecule has 5 heteroatoms. The maximum atomic E-state index is 8.80. The number of hydrogen-bond donors (Lipinski definition) is 0. The van der Waals surface area contributed by atoms with Crippen molar-refractivity contribution in [2.45, 2.75) is 0 Å². The molecule has 0 amide bonds. The zero-order valence-corrected chi connectivity index (χ0v) is 17.8. The van der Waals surface area contributed by atoms with E-state index in [2.05, 4.69) is 11.1 Å². The van der Waals surface area contributed by atoms with Gasteiger partial charge >= 0.3 is 0 Å². The number of aromatic nitrogens is 1. The van der Waals surface area contributed by atoms with E-state index in [4.69, 9.17) is 15.3 Å². The maximum absolute atomic E-state index is 8.80. The first-order chi connectivity index (χ1) is 15.7. The van der Waals surface area contributed by atoms with E-state index < -0.39 is 0 Å². The van der Waals surface area contributed by atoms with Gasteiger partial charge in [0.25, 0.3) is 0 Å². The normalized spacial score (nSPS) is 12.8. The number of allylic oxidation sites excluding steroid dienone is 6. The second kappa shape index (κ2) is 10.0. The van der Waals surface area contributed by atoms with E-state index in [1.54, 1.807) is 18.3 Å². The van der Waals surface area contributed by atoms with Gasteiger partial charge in [-0.25, -0.2) is 4.98 Å². The van der Waals surface area contributed by atoms with E-state index in [1.165, 1.54) is 17.4 Å². The summed E-state index contributed by atoms with van der Waals surface area (Å²) in [7, 11) is 0. The minimum absolute atomic E-state index is 0.0551. The summed E-state index contributed by atoms with van der Waals surface area (Å²) in [6, 6.07) is 23.7. The topological polar surface area (TPSA) is 69.7 Å². The summed E-state index contributed by atoms with van der Waals surface area (Å²) in [5.41, 5.74) is 3.07. The molecule has 0 aliphatic carbocycles. The Kier molecular flexibility index (Phi) is 6.53. The van der Waals surface area contributed by atoms with Crippen molar-refractivity contribution in [1.29, 1.82) is 10.5 Å². The minimum Gasteiger partial charge on any atom is -0.456 e. The van der Waals surface area contributed by atoms with Gasteiger partial charge in [-0.1, -0.05) is 66.7 Å². The van der Waals surface area contributed by atoms with Gasteiger partial charge in [-0.15, -0.1) is 11.3 Å². The molecule has 1 aliphatic rings. The van der Waals surface area contributed by atoms with Crippen LogP contribution >= 0.6 is 11.3 Å². The molecule has 0 fully saturated rings. The van der Waals surface area contributed by atoms with Crippen molar-refractivity contribution >= 4 is 35.0 Å². The first kappa shape index (κ1) is 20.8. The Bertz CT molecular complexity index is 1270. The molecule has 0 atom stereocenters. The summed E-state index contributed by atoms with van der Waals surface area (Å²) in [6.45, 7) is 0. The lowest BCUT2D eigenvalue weighted by atomic mass is 10.0. The van der Waals surface area contributed by atoms with Crippen LogP contribution in [0.15, 0.2) is 102 Å². The number of rotatable bonds is 5. The largest absolute Gasteiger partial charge is 0.456 e. The molecule has 4 nitrogen and oxygen atoms in total. The van der Waals surface area contributed by atoms with Crippen molar-refractivity contribution in [1.82, 2.24) is 4.98 Å². The number of nitriles is 2. The molecular weight excluding hydrogens is 414 g/mol. The summed E-state index contributed by atoms with van der Waals surface area (Å²) in [5.74, 6) is 1.57. The minimum atomic E-state index is 0.0551. The van der Waals surface area contributed by atoms with E-state index in [-0.39, 0.29) is 5.57 Å². The molecule has 32 heavy (non-hydrogen) atoms. The highest BCUT2D eigenvalue weighted by Crippen LogP contribution is 2.33. The van der Waals surface area contributed by atoms with Crippen molar-refractivity contribution in [3.05, 3.63) is 123 Å². The summed E-state index contributed by atoms with van der Waals surface area (Å²) in [4.78, 5) is 5.39. The highest BCUT2D eigenvalue weighted by molar-refractivity contribution is 7.13. The van der Waals surface area contributed by atoms with Crippen LogP contribution in [0.5, 0.6) is 0 Å². The van der Waals surface area contributed by atoms with E-state index in [0.29, 0.717) is 0 Å². The van der Waals surface area contributed by atoms with Gasteiger partial charge in [-0.3, -0.25) is 0 Å². The summed E-state index contributed by atoms with van der Waals surface area (Å²) in [5, 5.41) is 18.4. The highest BCUT2D eigenvalue weighted by Gasteiger charge is 2.15. The van der Waals surface area contributed by atoms with E-state index in [9.17, 15) is 0 Å². The second-order valence-electron chi connectivity index (χ2n) is 6.76. The standard InChI is InChI=1S/C27H17N3OS/c28-17-20(18-29)8-7-13-27-30-19-24(32-27)14-21-15-25(22-9-3-1-4-10-22)31-26(16-21)23-11-5-2-6-12-23/h1-16,19H/b13-7+. The molecule has 2 heterocycles. The van der Waals surface area contributed by atoms with Crippen molar-refractivity contribution in [2.24, 2.45) is 0 Å². The summed E-state index contributed by atoms with van der Waals surface area (Å²) < 4.78 is 6.23. The van der Waals surface area contributed by atoms with Gasteiger partial charge in [0.2, 0.25) is 0 Å². The Morgan fingerprint density at radius 1 is 0.875 bits per heavy atom. The quantitative estimate of drug-likeness (QED) is 0.336. The molecule has 1 aliphatic heterocycles. The molecular formula is C27H17N3OS. The van der Waals surface area contributed by atoms with Crippen molar-refractivity contribution < 1.29 is 4.74 Å². The average Bonchev–Trinajstić information content (AvgIpc) is 3.30. The van der Waals surface area contributed by atoms with Crippen LogP contribution in [0.2, 0.25) is 0 Å². The number of hydrogen-bond acceptors (Lipinski definition) is 5. The third-order valence-corrected chi connectivity index (χ3v) is 5.43. The van der Waals surface area contributed by atoms with Crippen LogP contribution in [0.1, 0.15) is 21.0 Å². The molecule has 0 spiro atoms.